The normalized spacial score (nSPS) is 15.6. The second-order valence-corrected chi connectivity index (χ2v) is 9.69. The van der Waals surface area contributed by atoms with Gasteiger partial charge in [0.1, 0.15) is 5.76 Å². The van der Waals surface area contributed by atoms with Gasteiger partial charge in [-0.2, -0.15) is 13.2 Å². The summed E-state index contributed by atoms with van der Waals surface area (Å²) >= 11 is 12.2. The summed E-state index contributed by atoms with van der Waals surface area (Å²) in [6.07, 6.45) is 3.06. The number of carboxylic acids is 1. The molecule has 0 aliphatic heterocycles. The van der Waals surface area contributed by atoms with Crippen LogP contribution in [0.4, 0.5) is 13.2 Å². The van der Waals surface area contributed by atoms with Crippen LogP contribution in [0.15, 0.2) is 78.1 Å². The van der Waals surface area contributed by atoms with Crippen molar-refractivity contribution < 1.29 is 27.8 Å². The number of aliphatic carboxylic acids is 1. The van der Waals surface area contributed by atoms with Crippen LogP contribution >= 0.6 is 23.2 Å². The predicted octanol–water partition coefficient (Wildman–Crippen LogP) is 7.88. The van der Waals surface area contributed by atoms with E-state index in [1.807, 2.05) is 30.3 Å². The van der Waals surface area contributed by atoms with Gasteiger partial charge in [0.15, 0.2) is 0 Å². The first-order chi connectivity index (χ1) is 17.5. The Labute approximate surface area is 224 Å². The summed E-state index contributed by atoms with van der Waals surface area (Å²) in [5, 5.41) is 9.29. The predicted molar refractivity (Wildman–Crippen MR) is 140 cm³/mol. The number of hydrogen-bond acceptors (Lipinski definition) is 3. The number of halogens is 5. The van der Waals surface area contributed by atoms with Gasteiger partial charge in [0.2, 0.25) is 0 Å². The summed E-state index contributed by atoms with van der Waals surface area (Å²) < 4.78 is 46.0. The molecule has 1 unspecified atom stereocenters. The van der Waals surface area contributed by atoms with E-state index in [1.54, 1.807) is 18.2 Å². The van der Waals surface area contributed by atoms with E-state index in [2.05, 4.69) is 11.8 Å². The molecule has 1 aliphatic rings. The molecule has 0 saturated carbocycles. The van der Waals surface area contributed by atoms with Crippen molar-refractivity contribution in [3.8, 4) is 0 Å². The third kappa shape index (κ3) is 8.95. The molecule has 37 heavy (non-hydrogen) atoms. The molecule has 2 aromatic rings. The molecule has 0 amide bonds. The molecule has 0 saturated heterocycles. The highest BCUT2D eigenvalue weighted by Crippen LogP contribution is 2.36. The zero-order valence-electron chi connectivity index (χ0n) is 20.3. The molecule has 2 aromatic carbocycles. The molecule has 9 heteroatoms. The number of carboxylic acid groups (broad SMARTS) is 1. The van der Waals surface area contributed by atoms with Gasteiger partial charge in [0.25, 0.3) is 0 Å². The average Bonchev–Trinajstić information content (AvgIpc) is 2.82. The molecule has 3 rings (SSSR count). The van der Waals surface area contributed by atoms with Crippen LogP contribution in [0, 0.1) is 0 Å². The van der Waals surface area contributed by atoms with Crippen LogP contribution in [-0.4, -0.2) is 35.7 Å². The van der Waals surface area contributed by atoms with Crippen LogP contribution < -0.4 is 0 Å². The molecule has 0 bridgehead atoms. The maximum atomic E-state index is 13.4. The Morgan fingerprint density at radius 2 is 1.92 bits per heavy atom. The molecule has 1 aliphatic carbocycles. The zero-order chi connectivity index (χ0) is 27.0. The molecule has 0 heterocycles. The Morgan fingerprint density at radius 3 is 2.59 bits per heavy atom. The second-order valence-electron chi connectivity index (χ2n) is 8.88. The highest BCUT2D eigenvalue weighted by atomic mass is 35.5. The lowest BCUT2D eigenvalue weighted by Crippen LogP contribution is -2.29. The molecule has 1 N–H and O–H groups in total. The summed E-state index contributed by atoms with van der Waals surface area (Å²) in [6, 6.07) is 11.5. The Hall–Kier alpha value is -2.74. The average molecular weight is 554 g/mol. The first-order valence-corrected chi connectivity index (χ1v) is 12.6. The highest BCUT2D eigenvalue weighted by Gasteiger charge is 2.34. The maximum absolute atomic E-state index is 13.4. The van der Waals surface area contributed by atoms with Gasteiger partial charge in [0.05, 0.1) is 17.2 Å². The first kappa shape index (κ1) is 28.8. The van der Waals surface area contributed by atoms with E-state index < -0.39 is 17.7 Å². The number of allylic oxidation sites excluding steroid dienone is 4. The summed E-state index contributed by atoms with van der Waals surface area (Å²) in [5.41, 5.74) is 1.27. The van der Waals surface area contributed by atoms with E-state index in [1.165, 1.54) is 6.07 Å². The Morgan fingerprint density at radius 1 is 1.19 bits per heavy atom. The van der Waals surface area contributed by atoms with E-state index in [4.69, 9.17) is 33.0 Å². The van der Waals surface area contributed by atoms with E-state index in [9.17, 15) is 18.0 Å². The molecular weight excluding hydrogens is 526 g/mol. The number of hydrogen-bond donors (Lipinski definition) is 1. The van der Waals surface area contributed by atoms with Crippen LogP contribution in [0.2, 0.25) is 10.0 Å². The van der Waals surface area contributed by atoms with Crippen LogP contribution in [0.25, 0.3) is 0 Å². The lowest BCUT2D eigenvalue weighted by molar-refractivity contribution is -0.137. The zero-order valence-corrected chi connectivity index (χ0v) is 21.8. The van der Waals surface area contributed by atoms with E-state index >= 15 is 0 Å². The molecule has 4 nitrogen and oxygen atoms in total. The van der Waals surface area contributed by atoms with Crippen molar-refractivity contribution in [2.24, 2.45) is 0 Å². The molecule has 198 valence electrons. The van der Waals surface area contributed by atoms with Gasteiger partial charge in [-0.15, -0.1) is 0 Å². The van der Waals surface area contributed by atoms with Gasteiger partial charge in [-0.1, -0.05) is 60.5 Å². The second kappa shape index (κ2) is 13.2. The lowest BCUT2D eigenvalue weighted by atomic mass is 10.00. The van der Waals surface area contributed by atoms with Crippen molar-refractivity contribution in [2.75, 3.05) is 19.7 Å². The molecule has 0 radical (unpaired) electrons. The van der Waals surface area contributed by atoms with Crippen LogP contribution in [-0.2, 0) is 22.3 Å². The summed E-state index contributed by atoms with van der Waals surface area (Å²) in [7, 11) is 0. The molecular formula is C28H28Cl2F3NO3. The minimum absolute atomic E-state index is 0.0930. The fourth-order valence-electron chi connectivity index (χ4n) is 4.11. The quantitative estimate of drug-likeness (QED) is 0.227. The number of rotatable bonds is 11. The van der Waals surface area contributed by atoms with Gasteiger partial charge >= 0.3 is 12.1 Å². The number of ether oxygens (including phenoxy) is 1. The van der Waals surface area contributed by atoms with E-state index in [-0.39, 0.29) is 17.5 Å². The maximum Gasteiger partial charge on any atom is 0.417 e. The van der Waals surface area contributed by atoms with Gasteiger partial charge < -0.3 is 9.84 Å². The minimum atomic E-state index is -4.53. The van der Waals surface area contributed by atoms with Crippen LogP contribution in [0.5, 0.6) is 0 Å². The highest BCUT2D eigenvalue weighted by molar-refractivity contribution is 6.32. The largest absolute Gasteiger partial charge is 0.494 e. The smallest absolute Gasteiger partial charge is 0.417 e. The molecule has 0 fully saturated rings. The Kier molecular flexibility index (Phi) is 10.3. The van der Waals surface area contributed by atoms with Crippen molar-refractivity contribution >= 4 is 29.2 Å². The monoisotopic (exact) mass is 553 g/mol. The third-order valence-electron chi connectivity index (χ3n) is 5.91. The molecule has 1 atom stereocenters. The molecule has 0 aromatic heterocycles. The SMILES string of the molecule is CC(CN(CCCOC1=CC(=CC(=O)O)CC=C1)Cc1cccc(C(F)(F)F)c1Cl)c1ccc(Cl)cc1. The van der Waals surface area contributed by atoms with Crippen LogP contribution in [0.1, 0.15) is 42.4 Å². The Bertz CT molecular complexity index is 1170. The topological polar surface area (TPSA) is 49.8 Å². The first-order valence-electron chi connectivity index (χ1n) is 11.8. The van der Waals surface area contributed by atoms with Crippen molar-refractivity contribution in [1.82, 2.24) is 4.90 Å². The van der Waals surface area contributed by atoms with Crippen LogP contribution in [0.3, 0.4) is 0 Å². The van der Waals surface area contributed by atoms with Crippen molar-refractivity contribution in [2.45, 2.75) is 38.4 Å². The van der Waals surface area contributed by atoms with Gasteiger partial charge in [-0.3, -0.25) is 4.90 Å². The van der Waals surface area contributed by atoms with Gasteiger partial charge in [-0.05, 0) is 65.8 Å². The summed E-state index contributed by atoms with van der Waals surface area (Å²) in [4.78, 5) is 13.0. The fraction of sp³-hybridized carbons (Fsp3) is 0.321. The van der Waals surface area contributed by atoms with Crippen molar-refractivity contribution in [3.05, 3.63) is 105 Å². The van der Waals surface area contributed by atoms with E-state index in [0.29, 0.717) is 54.5 Å². The van der Waals surface area contributed by atoms with Gasteiger partial charge in [0, 0.05) is 30.7 Å². The minimum Gasteiger partial charge on any atom is -0.494 e. The lowest BCUT2D eigenvalue weighted by Gasteiger charge is -2.27. The number of nitrogens with zero attached hydrogens (tertiary/aromatic N) is 1. The number of alkyl halides is 3. The fourth-order valence-corrected chi connectivity index (χ4v) is 4.53. The van der Waals surface area contributed by atoms with Crippen molar-refractivity contribution in [1.29, 1.82) is 0 Å². The van der Waals surface area contributed by atoms with E-state index in [0.717, 1.165) is 17.7 Å². The summed E-state index contributed by atoms with van der Waals surface area (Å²) in [5.74, 6) is -0.351. The third-order valence-corrected chi connectivity index (χ3v) is 6.61. The standard InChI is InChI=1S/C28H28Cl2F3NO3/c1-19(21-9-11-23(29)12-10-21)17-34(18-22-6-3-8-25(27(22)30)28(31,32)33)13-4-14-37-24-7-2-5-20(15-24)16-26(35)36/h2-3,6-12,15-16,19H,4-5,13-14,17-18H2,1H3,(H,35,36). The Balaban J connectivity index is 1.69. The number of carbonyl (C=O) groups is 1. The van der Waals surface area contributed by atoms with Crippen molar-refractivity contribution in [3.63, 3.8) is 0 Å². The number of benzene rings is 2. The summed E-state index contributed by atoms with van der Waals surface area (Å²) in [6.45, 7) is 3.80. The van der Waals surface area contributed by atoms with Gasteiger partial charge in [-0.25, -0.2) is 4.79 Å². The molecule has 0 spiro atoms.